The molecular formula is C24H26N2O5. The summed E-state index contributed by atoms with van der Waals surface area (Å²) in [6.07, 6.45) is 1.56. The minimum Gasteiger partial charge on any atom is -0.481 e. The number of carboxylic acid groups (broad SMARTS) is 1. The topological polar surface area (TPSA) is 95.9 Å². The fourth-order valence-electron chi connectivity index (χ4n) is 4.36. The number of likely N-dealkylation sites (N-methyl/N-ethyl adjacent to an activating group) is 1. The molecule has 2 N–H and O–H groups in total. The Labute approximate surface area is 181 Å². The molecule has 0 aromatic heterocycles. The molecule has 0 aliphatic heterocycles. The number of hydrogen-bond donors (Lipinski definition) is 2. The average Bonchev–Trinajstić information content (AvgIpc) is 3.03. The Morgan fingerprint density at radius 1 is 1.06 bits per heavy atom. The van der Waals surface area contributed by atoms with Crippen molar-refractivity contribution in [1.82, 2.24) is 10.2 Å². The molecule has 0 spiro atoms. The first-order valence-electron chi connectivity index (χ1n) is 10.6. The van der Waals surface area contributed by atoms with Crippen LogP contribution in [0.1, 0.15) is 42.7 Å². The third kappa shape index (κ3) is 4.26. The molecule has 0 saturated heterocycles. The number of alkyl carbamates (subject to hydrolysis) is 1. The summed E-state index contributed by atoms with van der Waals surface area (Å²) in [5, 5.41) is 11.7. The van der Waals surface area contributed by atoms with Gasteiger partial charge in [-0.05, 0) is 41.5 Å². The number of rotatable bonds is 7. The van der Waals surface area contributed by atoms with Crippen molar-refractivity contribution in [1.29, 1.82) is 0 Å². The molecule has 1 unspecified atom stereocenters. The van der Waals surface area contributed by atoms with Crippen molar-refractivity contribution < 1.29 is 24.2 Å². The second-order valence-corrected chi connectivity index (χ2v) is 8.15. The van der Waals surface area contributed by atoms with Crippen molar-refractivity contribution in [2.45, 2.75) is 43.7 Å². The number of carbonyl (C=O) groups is 3. The first-order chi connectivity index (χ1) is 15.0. The van der Waals surface area contributed by atoms with Crippen LogP contribution in [0, 0.1) is 0 Å². The standard InChI is InChI=1S/C24H26N2O5/c1-26(15-7-6-8-15)23(29)21(13-22(27)28)25-24(30)31-14-20-18-11-4-2-9-16(18)17-10-3-5-12-19(17)20/h2-5,9-12,15,20-21H,6-8,13-14H2,1H3,(H,25,30)(H,27,28). The van der Waals surface area contributed by atoms with E-state index < -0.39 is 30.4 Å². The zero-order valence-corrected chi connectivity index (χ0v) is 17.4. The van der Waals surface area contributed by atoms with Gasteiger partial charge in [0.25, 0.3) is 0 Å². The van der Waals surface area contributed by atoms with Crippen LogP contribution in [0.5, 0.6) is 0 Å². The number of aliphatic carboxylic acids is 1. The van der Waals surface area contributed by atoms with Gasteiger partial charge in [-0.25, -0.2) is 4.79 Å². The van der Waals surface area contributed by atoms with Crippen LogP contribution in [0.3, 0.4) is 0 Å². The second-order valence-electron chi connectivity index (χ2n) is 8.15. The van der Waals surface area contributed by atoms with Crippen LogP contribution in [-0.2, 0) is 14.3 Å². The SMILES string of the molecule is CN(C(=O)C(CC(=O)O)NC(=O)OCC1c2ccccc2-c2ccccc21)C1CCC1. The Kier molecular flexibility index (Phi) is 5.93. The van der Waals surface area contributed by atoms with E-state index in [9.17, 15) is 19.5 Å². The maximum Gasteiger partial charge on any atom is 0.407 e. The molecule has 1 saturated carbocycles. The van der Waals surface area contributed by atoms with E-state index in [2.05, 4.69) is 5.32 Å². The van der Waals surface area contributed by atoms with Gasteiger partial charge < -0.3 is 20.1 Å². The molecule has 7 nitrogen and oxygen atoms in total. The quantitative estimate of drug-likeness (QED) is 0.713. The smallest absolute Gasteiger partial charge is 0.407 e. The second kappa shape index (κ2) is 8.79. The van der Waals surface area contributed by atoms with Gasteiger partial charge in [0, 0.05) is 19.0 Å². The number of fused-ring (bicyclic) bond motifs is 3. The van der Waals surface area contributed by atoms with Gasteiger partial charge in [-0.1, -0.05) is 48.5 Å². The Bertz CT molecular complexity index is 955. The predicted octanol–water partition coefficient (Wildman–Crippen LogP) is 3.38. The summed E-state index contributed by atoms with van der Waals surface area (Å²) in [7, 11) is 1.65. The maximum atomic E-state index is 12.7. The lowest BCUT2D eigenvalue weighted by molar-refractivity contribution is -0.143. The molecule has 1 atom stereocenters. The normalized spacial score (nSPS) is 15.9. The van der Waals surface area contributed by atoms with E-state index >= 15 is 0 Å². The first-order valence-corrected chi connectivity index (χ1v) is 10.6. The van der Waals surface area contributed by atoms with E-state index in [1.54, 1.807) is 11.9 Å². The number of amides is 2. The van der Waals surface area contributed by atoms with Crippen LogP contribution >= 0.6 is 0 Å². The summed E-state index contributed by atoms with van der Waals surface area (Å²) in [6, 6.07) is 14.9. The van der Waals surface area contributed by atoms with Crippen molar-refractivity contribution >= 4 is 18.0 Å². The maximum absolute atomic E-state index is 12.7. The number of carboxylic acids is 1. The lowest BCUT2D eigenvalue weighted by Crippen LogP contribution is -2.52. The Morgan fingerprint density at radius 2 is 1.65 bits per heavy atom. The number of benzene rings is 2. The molecule has 2 aliphatic carbocycles. The Hall–Kier alpha value is -3.35. The Morgan fingerprint density at radius 3 is 2.16 bits per heavy atom. The number of carbonyl (C=O) groups excluding carboxylic acids is 2. The summed E-state index contributed by atoms with van der Waals surface area (Å²) in [6.45, 7) is 0.103. The molecule has 7 heteroatoms. The summed E-state index contributed by atoms with van der Waals surface area (Å²) in [5.41, 5.74) is 4.40. The van der Waals surface area contributed by atoms with Crippen LogP contribution < -0.4 is 5.32 Å². The third-order valence-electron chi connectivity index (χ3n) is 6.28. The van der Waals surface area contributed by atoms with Gasteiger partial charge in [0.15, 0.2) is 0 Å². The van der Waals surface area contributed by atoms with E-state index in [1.807, 2.05) is 48.5 Å². The highest BCUT2D eigenvalue weighted by Gasteiger charge is 2.33. The zero-order chi connectivity index (χ0) is 22.0. The molecule has 1 fully saturated rings. The number of ether oxygens (including phenoxy) is 1. The van der Waals surface area contributed by atoms with Gasteiger partial charge in [0.05, 0.1) is 6.42 Å². The van der Waals surface area contributed by atoms with Crippen molar-refractivity contribution in [2.24, 2.45) is 0 Å². The van der Waals surface area contributed by atoms with E-state index in [4.69, 9.17) is 4.74 Å². The molecule has 4 rings (SSSR count). The monoisotopic (exact) mass is 422 g/mol. The minimum absolute atomic E-state index is 0.103. The van der Waals surface area contributed by atoms with Crippen molar-refractivity contribution in [2.75, 3.05) is 13.7 Å². The average molecular weight is 422 g/mol. The van der Waals surface area contributed by atoms with Crippen molar-refractivity contribution in [3.05, 3.63) is 59.7 Å². The van der Waals surface area contributed by atoms with Crippen molar-refractivity contribution in [3.63, 3.8) is 0 Å². The van der Waals surface area contributed by atoms with Gasteiger partial charge in [-0.3, -0.25) is 9.59 Å². The molecular weight excluding hydrogens is 396 g/mol. The summed E-state index contributed by atoms with van der Waals surface area (Å²) < 4.78 is 5.47. The zero-order valence-electron chi connectivity index (χ0n) is 17.4. The molecule has 0 bridgehead atoms. The fourth-order valence-corrected chi connectivity index (χ4v) is 4.36. The van der Waals surface area contributed by atoms with E-state index in [1.165, 1.54) is 0 Å². The molecule has 2 aromatic rings. The van der Waals surface area contributed by atoms with Gasteiger partial charge in [-0.15, -0.1) is 0 Å². The minimum atomic E-state index is -1.15. The van der Waals surface area contributed by atoms with Crippen molar-refractivity contribution in [3.8, 4) is 11.1 Å². The summed E-state index contributed by atoms with van der Waals surface area (Å²) >= 11 is 0. The molecule has 0 heterocycles. The van der Waals surface area contributed by atoms with E-state index in [0.717, 1.165) is 41.5 Å². The number of hydrogen-bond acceptors (Lipinski definition) is 4. The lowest BCUT2D eigenvalue weighted by atomic mass is 9.91. The molecule has 162 valence electrons. The largest absolute Gasteiger partial charge is 0.481 e. The number of nitrogens with zero attached hydrogens (tertiary/aromatic N) is 1. The van der Waals surface area contributed by atoms with Crippen LogP contribution in [0.4, 0.5) is 4.79 Å². The van der Waals surface area contributed by atoms with Crippen LogP contribution in [0.15, 0.2) is 48.5 Å². The van der Waals surface area contributed by atoms with Crippen LogP contribution in [0.2, 0.25) is 0 Å². The Balaban J connectivity index is 1.43. The summed E-state index contributed by atoms with van der Waals surface area (Å²) in [5.74, 6) is -1.66. The van der Waals surface area contributed by atoms with Crippen LogP contribution in [0.25, 0.3) is 11.1 Å². The van der Waals surface area contributed by atoms with Crippen LogP contribution in [-0.4, -0.2) is 53.7 Å². The van der Waals surface area contributed by atoms with E-state index in [-0.39, 0.29) is 18.6 Å². The van der Waals surface area contributed by atoms with Gasteiger partial charge in [0.2, 0.25) is 5.91 Å². The fraction of sp³-hybridized carbons (Fsp3) is 0.375. The third-order valence-corrected chi connectivity index (χ3v) is 6.28. The van der Waals surface area contributed by atoms with Gasteiger partial charge >= 0.3 is 12.1 Å². The number of nitrogens with one attached hydrogen (secondary N) is 1. The predicted molar refractivity (Wildman–Crippen MR) is 115 cm³/mol. The molecule has 31 heavy (non-hydrogen) atoms. The van der Waals surface area contributed by atoms with E-state index in [0.29, 0.717) is 0 Å². The highest BCUT2D eigenvalue weighted by Crippen LogP contribution is 2.44. The molecule has 2 amide bonds. The molecule has 2 aliphatic rings. The van der Waals surface area contributed by atoms with Gasteiger partial charge in [0.1, 0.15) is 12.6 Å². The molecule has 2 aromatic carbocycles. The highest BCUT2D eigenvalue weighted by molar-refractivity contribution is 5.89. The molecule has 0 radical (unpaired) electrons. The highest BCUT2D eigenvalue weighted by atomic mass is 16.5. The summed E-state index contributed by atoms with van der Waals surface area (Å²) in [4.78, 5) is 38.0. The lowest BCUT2D eigenvalue weighted by Gasteiger charge is -2.36. The first kappa shape index (κ1) is 20.9. The van der Waals surface area contributed by atoms with Gasteiger partial charge in [-0.2, -0.15) is 0 Å².